The molecule has 106 valence electrons. The third-order valence-electron chi connectivity index (χ3n) is 3.53. The lowest BCUT2D eigenvalue weighted by Gasteiger charge is -2.27. The molecule has 6 nitrogen and oxygen atoms in total. The number of hydrogen-bond acceptors (Lipinski definition) is 4. The number of ether oxygens (including phenoxy) is 1. The van der Waals surface area contributed by atoms with Gasteiger partial charge in [-0.1, -0.05) is 0 Å². The molecule has 3 rings (SSSR count). The van der Waals surface area contributed by atoms with Crippen molar-refractivity contribution in [3.05, 3.63) is 29.3 Å². The van der Waals surface area contributed by atoms with Gasteiger partial charge in [-0.05, 0) is 30.2 Å². The lowest BCUT2D eigenvalue weighted by atomic mass is 10.0. The predicted octanol–water partition coefficient (Wildman–Crippen LogP) is 0.548. The Balaban J connectivity index is 1.70. The van der Waals surface area contributed by atoms with Crippen molar-refractivity contribution in [1.29, 1.82) is 0 Å². The minimum Gasteiger partial charge on any atom is -0.379 e. The summed E-state index contributed by atoms with van der Waals surface area (Å²) in [6.07, 6.45) is 1.15. The summed E-state index contributed by atoms with van der Waals surface area (Å²) in [6, 6.07) is 5.38. The molecule has 2 aliphatic heterocycles. The third-order valence-corrected chi connectivity index (χ3v) is 3.53. The average molecular weight is 275 g/mol. The number of aryl methyl sites for hydroxylation is 1. The molecule has 2 aliphatic rings. The number of benzene rings is 1. The summed E-state index contributed by atoms with van der Waals surface area (Å²) in [5.74, 6) is -0.0883. The molecule has 1 saturated heterocycles. The number of hydrazine groups is 1. The first-order chi connectivity index (χ1) is 9.72. The van der Waals surface area contributed by atoms with E-state index in [4.69, 9.17) is 4.74 Å². The van der Waals surface area contributed by atoms with Gasteiger partial charge in [0.2, 0.25) is 5.91 Å². The summed E-state index contributed by atoms with van der Waals surface area (Å²) in [5.41, 5.74) is 5.32. The van der Waals surface area contributed by atoms with Crippen molar-refractivity contribution in [2.75, 3.05) is 31.6 Å². The van der Waals surface area contributed by atoms with Gasteiger partial charge in [0.05, 0.1) is 13.2 Å². The molecule has 0 aromatic heterocycles. The van der Waals surface area contributed by atoms with E-state index in [-0.39, 0.29) is 11.8 Å². The second-order valence-corrected chi connectivity index (χ2v) is 4.96. The van der Waals surface area contributed by atoms with Crippen molar-refractivity contribution in [2.45, 2.75) is 12.8 Å². The molecular formula is C14H17N3O3. The van der Waals surface area contributed by atoms with Crippen LogP contribution in [-0.2, 0) is 16.0 Å². The van der Waals surface area contributed by atoms with Gasteiger partial charge >= 0.3 is 0 Å². The van der Waals surface area contributed by atoms with Crippen LogP contribution in [0.25, 0.3) is 0 Å². The van der Waals surface area contributed by atoms with Crippen molar-refractivity contribution in [2.24, 2.45) is 0 Å². The van der Waals surface area contributed by atoms with Crippen LogP contribution in [0.2, 0.25) is 0 Å². The molecule has 1 aromatic carbocycles. The molecule has 0 atom stereocenters. The van der Waals surface area contributed by atoms with E-state index < -0.39 is 0 Å². The molecule has 1 fully saturated rings. The number of rotatable bonds is 2. The summed E-state index contributed by atoms with van der Waals surface area (Å²) >= 11 is 0. The number of anilines is 1. The zero-order valence-corrected chi connectivity index (χ0v) is 11.1. The van der Waals surface area contributed by atoms with E-state index in [0.717, 1.165) is 11.3 Å². The Bertz CT molecular complexity index is 538. The largest absolute Gasteiger partial charge is 0.379 e. The highest BCUT2D eigenvalue weighted by atomic mass is 16.5. The highest BCUT2D eigenvalue weighted by Gasteiger charge is 2.18. The summed E-state index contributed by atoms with van der Waals surface area (Å²) in [4.78, 5) is 23.5. The van der Waals surface area contributed by atoms with E-state index in [1.807, 2.05) is 11.1 Å². The minimum atomic E-state index is -0.119. The molecular weight excluding hydrogens is 258 g/mol. The van der Waals surface area contributed by atoms with Gasteiger partial charge in [-0.15, -0.1) is 0 Å². The topological polar surface area (TPSA) is 70.7 Å². The minimum absolute atomic E-state index is 0.0306. The van der Waals surface area contributed by atoms with Crippen LogP contribution in [0, 0.1) is 0 Å². The fraction of sp³-hybridized carbons (Fsp3) is 0.429. The SMILES string of the molecule is O=C1CCc2cc(C(=O)NN3CCOCC3)ccc2N1. The quantitative estimate of drug-likeness (QED) is 0.827. The van der Waals surface area contributed by atoms with Crippen LogP contribution in [-0.4, -0.2) is 43.1 Å². The first kappa shape index (κ1) is 13.1. The van der Waals surface area contributed by atoms with E-state index in [9.17, 15) is 9.59 Å². The molecule has 1 aromatic rings. The molecule has 2 N–H and O–H groups in total. The highest BCUT2D eigenvalue weighted by Crippen LogP contribution is 2.23. The second-order valence-electron chi connectivity index (χ2n) is 4.96. The van der Waals surface area contributed by atoms with Crippen LogP contribution in [0.3, 0.4) is 0 Å². The highest BCUT2D eigenvalue weighted by molar-refractivity contribution is 5.97. The lowest BCUT2D eigenvalue weighted by Crippen LogP contribution is -2.48. The van der Waals surface area contributed by atoms with Gasteiger partial charge in [0.1, 0.15) is 0 Å². The maximum Gasteiger partial charge on any atom is 0.265 e. The van der Waals surface area contributed by atoms with E-state index >= 15 is 0 Å². The third kappa shape index (κ3) is 2.81. The summed E-state index contributed by atoms with van der Waals surface area (Å²) < 4.78 is 5.24. The van der Waals surface area contributed by atoms with Crippen LogP contribution in [0.1, 0.15) is 22.3 Å². The van der Waals surface area contributed by atoms with Crippen molar-refractivity contribution >= 4 is 17.5 Å². The Hall–Kier alpha value is -1.92. The molecule has 0 aliphatic carbocycles. The summed E-state index contributed by atoms with van der Waals surface area (Å²) in [5, 5.41) is 4.68. The second kappa shape index (κ2) is 5.60. The number of nitrogens with zero attached hydrogens (tertiary/aromatic N) is 1. The number of hydrogen-bond donors (Lipinski definition) is 2. The van der Waals surface area contributed by atoms with Gasteiger partial charge in [-0.2, -0.15) is 0 Å². The van der Waals surface area contributed by atoms with Crippen LogP contribution in [0.5, 0.6) is 0 Å². The first-order valence-corrected chi connectivity index (χ1v) is 6.79. The molecule has 0 saturated carbocycles. The summed E-state index contributed by atoms with van der Waals surface area (Å²) in [7, 11) is 0. The normalized spacial score (nSPS) is 19.1. The maximum atomic E-state index is 12.2. The van der Waals surface area contributed by atoms with Gasteiger partial charge in [0, 0.05) is 30.8 Å². The Morgan fingerprint density at radius 3 is 2.85 bits per heavy atom. The Kier molecular flexibility index (Phi) is 3.66. The monoisotopic (exact) mass is 275 g/mol. The van der Waals surface area contributed by atoms with Crippen LogP contribution in [0.4, 0.5) is 5.69 Å². The molecule has 20 heavy (non-hydrogen) atoms. The average Bonchev–Trinajstić information content (AvgIpc) is 2.47. The first-order valence-electron chi connectivity index (χ1n) is 6.79. The van der Waals surface area contributed by atoms with Crippen molar-refractivity contribution < 1.29 is 14.3 Å². The van der Waals surface area contributed by atoms with Crippen LogP contribution in [0.15, 0.2) is 18.2 Å². The Morgan fingerprint density at radius 2 is 2.05 bits per heavy atom. The van der Waals surface area contributed by atoms with Gasteiger partial charge in [-0.3, -0.25) is 15.0 Å². The van der Waals surface area contributed by atoms with Crippen molar-refractivity contribution in [3.8, 4) is 0 Å². The fourth-order valence-electron chi connectivity index (χ4n) is 2.41. The Labute approximate surface area is 117 Å². The Morgan fingerprint density at radius 1 is 1.25 bits per heavy atom. The standard InChI is InChI=1S/C14H17N3O3/c18-13-4-2-10-9-11(1-3-12(10)15-13)14(19)16-17-5-7-20-8-6-17/h1,3,9H,2,4-8H2,(H,15,18)(H,16,19). The van der Waals surface area contributed by atoms with E-state index in [2.05, 4.69) is 10.7 Å². The molecule has 0 unspecified atom stereocenters. The van der Waals surface area contributed by atoms with Crippen LogP contribution >= 0.6 is 0 Å². The zero-order valence-electron chi connectivity index (χ0n) is 11.1. The van der Waals surface area contributed by atoms with Gasteiger partial charge in [0.15, 0.2) is 0 Å². The molecule has 6 heteroatoms. The number of amides is 2. The predicted molar refractivity (Wildman–Crippen MR) is 73.3 cm³/mol. The molecule has 0 bridgehead atoms. The fourth-order valence-corrected chi connectivity index (χ4v) is 2.41. The van der Waals surface area contributed by atoms with Gasteiger partial charge in [-0.25, -0.2) is 5.01 Å². The number of fused-ring (bicyclic) bond motifs is 1. The number of carbonyl (C=O) groups excluding carboxylic acids is 2. The zero-order chi connectivity index (χ0) is 13.9. The molecule has 2 heterocycles. The van der Waals surface area contributed by atoms with Crippen molar-refractivity contribution in [3.63, 3.8) is 0 Å². The van der Waals surface area contributed by atoms with E-state index in [1.54, 1.807) is 12.1 Å². The van der Waals surface area contributed by atoms with Crippen molar-refractivity contribution in [1.82, 2.24) is 10.4 Å². The van der Waals surface area contributed by atoms with E-state index in [0.29, 0.717) is 44.7 Å². The number of carbonyl (C=O) groups is 2. The molecule has 2 amide bonds. The molecule has 0 spiro atoms. The van der Waals surface area contributed by atoms with Gasteiger partial charge < -0.3 is 10.1 Å². The number of nitrogens with one attached hydrogen (secondary N) is 2. The van der Waals surface area contributed by atoms with Crippen LogP contribution < -0.4 is 10.7 Å². The van der Waals surface area contributed by atoms with Gasteiger partial charge in [0.25, 0.3) is 5.91 Å². The smallest absolute Gasteiger partial charge is 0.265 e. The van der Waals surface area contributed by atoms with E-state index in [1.165, 1.54) is 0 Å². The lowest BCUT2D eigenvalue weighted by molar-refractivity contribution is -0.116. The number of morpholine rings is 1. The molecule has 0 radical (unpaired) electrons. The summed E-state index contributed by atoms with van der Waals surface area (Å²) in [6.45, 7) is 2.67. The maximum absolute atomic E-state index is 12.2.